The van der Waals surface area contributed by atoms with E-state index < -0.39 is 0 Å². The van der Waals surface area contributed by atoms with Crippen LogP contribution in [0.25, 0.3) is 11.1 Å². The van der Waals surface area contributed by atoms with Crippen molar-refractivity contribution in [2.24, 2.45) is 0 Å². The Labute approximate surface area is 116 Å². The highest BCUT2D eigenvalue weighted by molar-refractivity contribution is 9.11. The smallest absolute Gasteiger partial charge is 0.138 e. The average molecular weight is 353 g/mol. The summed E-state index contributed by atoms with van der Waals surface area (Å²) in [5.41, 5.74) is 8.02. The predicted molar refractivity (Wildman–Crippen MR) is 74.2 cm³/mol. The molecule has 84 valence electrons. The van der Waals surface area contributed by atoms with Crippen LogP contribution in [-0.4, -0.2) is 4.98 Å². The fraction of sp³-hybridized carbons (Fsp3) is 0. The number of anilines is 1. The van der Waals surface area contributed by atoms with Crippen molar-refractivity contribution in [3.63, 3.8) is 0 Å². The minimum atomic E-state index is 0.399. The molecule has 3 nitrogen and oxygen atoms in total. The van der Waals surface area contributed by atoms with Crippen molar-refractivity contribution in [3.05, 3.63) is 45.0 Å². The maximum absolute atomic E-state index is 9.10. The Morgan fingerprint density at radius 2 is 1.94 bits per heavy atom. The van der Waals surface area contributed by atoms with Crippen LogP contribution >= 0.6 is 31.9 Å². The van der Waals surface area contributed by atoms with E-state index in [0.717, 1.165) is 15.6 Å². The summed E-state index contributed by atoms with van der Waals surface area (Å²) in [4.78, 5) is 4.02. The van der Waals surface area contributed by atoms with Crippen LogP contribution < -0.4 is 5.73 Å². The summed E-state index contributed by atoms with van der Waals surface area (Å²) in [6.07, 6.45) is 1.63. The van der Waals surface area contributed by atoms with Crippen molar-refractivity contribution in [3.8, 4) is 17.2 Å². The molecule has 0 saturated carbocycles. The number of aromatic nitrogens is 1. The van der Waals surface area contributed by atoms with Crippen LogP contribution in [0.3, 0.4) is 0 Å². The van der Waals surface area contributed by atoms with Gasteiger partial charge >= 0.3 is 0 Å². The summed E-state index contributed by atoms with van der Waals surface area (Å²) in [6, 6.07) is 9.52. The second-order valence-electron chi connectivity index (χ2n) is 3.34. The summed E-state index contributed by atoms with van der Waals surface area (Å²) >= 11 is 6.83. The van der Waals surface area contributed by atoms with Crippen LogP contribution in [0.15, 0.2) is 39.4 Å². The number of nitrogen functional groups attached to an aromatic ring is 1. The lowest BCUT2D eigenvalue weighted by molar-refractivity contribution is 1.30. The standard InChI is InChI=1S/C12H7Br2N3/c13-9-6-17-12(16)11(14)10(9)8-4-2-1-3-7(8)5-15/h1-4,6H,(H2,16,17). The number of nitriles is 1. The van der Waals surface area contributed by atoms with Crippen LogP contribution in [0.2, 0.25) is 0 Å². The molecule has 0 aliphatic rings. The molecule has 0 aliphatic heterocycles. The minimum absolute atomic E-state index is 0.399. The quantitative estimate of drug-likeness (QED) is 0.850. The average Bonchev–Trinajstić information content (AvgIpc) is 2.35. The number of benzene rings is 1. The molecule has 17 heavy (non-hydrogen) atoms. The van der Waals surface area contributed by atoms with Gasteiger partial charge in [-0.25, -0.2) is 4.98 Å². The van der Waals surface area contributed by atoms with E-state index in [9.17, 15) is 0 Å². The Hall–Kier alpha value is -1.38. The van der Waals surface area contributed by atoms with E-state index in [4.69, 9.17) is 11.0 Å². The Morgan fingerprint density at radius 1 is 1.24 bits per heavy atom. The first kappa shape index (κ1) is 12.1. The molecule has 0 fully saturated rings. The van der Waals surface area contributed by atoms with Crippen molar-refractivity contribution < 1.29 is 0 Å². The molecule has 5 heteroatoms. The number of nitrogens with two attached hydrogens (primary N) is 1. The Morgan fingerprint density at radius 3 is 2.65 bits per heavy atom. The Bertz CT molecular complexity index is 618. The van der Waals surface area contributed by atoms with Crippen LogP contribution in [0.5, 0.6) is 0 Å². The fourth-order valence-electron chi connectivity index (χ4n) is 1.53. The molecule has 0 bridgehead atoms. The molecule has 0 saturated heterocycles. The highest BCUT2D eigenvalue weighted by Gasteiger charge is 2.14. The first-order valence-corrected chi connectivity index (χ1v) is 6.32. The predicted octanol–water partition coefficient (Wildman–Crippen LogP) is 3.73. The summed E-state index contributed by atoms with van der Waals surface area (Å²) in [7, 11) is 0. The van der Waals surface area contributed by atoms with Gasteiger partial charge in [0.2, 0.25) is 0 Å². The normalized spacial score (nSPS) is 9.94. The molecule has 2 aromatic rings. The van der Waals surface area contributed by atoms with Crippen LogP contribution in [0.1, 0.15) is 5.56 Å². The molecule has 0 spiro atoms. The van der Waals surface area contributed by atoms with Gasteiger partial charge in [-0.05, 0) is 37.9 Å². The van der Waals surface area contributed by atoms with E-state index in [1.807, 2.05) is 18.2 Å². The number of halogens is 2. The molecule has 0 amide bonds. The zero-order valence-electron chi connectivity index (χ0n) is 8.61. The SMILES string of the molecule is N#Cc1ccccc1-c1c(Br)cnc(N)c1Br. The molecule has 0 aliphatic carbocycles. The van der Waals surface area contributed by atoms with E-state index in [0.29, 0.717) is 15.9 Å². The molecule has 1 heterocycles. The van der Waals surface area contributed by atoms with E-state index in [1.54, 1.807) is 12.3 Å². The maximum Gasteiger partial charge on any atom is 0.138 e. The number of hydrogen-bond donors (Lipinski definition) is 1. The van der Waals surface area contributed by atoms with Crippen LogP contribution in [0.4, 0.5) is 5.82 Å². The van der Waals surface area contributed by atoms with Gasteiger partial charge in [0.05, 0.1) is 16.1 Å². The van der Waals surface area contributed by atoms with Crippen molar-refractivity contribution in [1.82, 2.24) is 4.98 Å². The number of rotatable bonds is 1. The van der Waals surface area contributed by atoms with Gasteiger partial charge in [0.15, 0.2) is 0 Å². The molecule has 1 aromatic heterocycles. The largest absolute Gasteiger partial charge is 0.383 e. The molecule has 1 aromatic carbocycles. The monoisotopic (exact) mass is 351 g/mol. The van der Waals surface area contributed by atoms with Crippen LogP contribution in [-0.2, 0) is 0 Å². The van der Waals surface area contributed by atoms with Crippen molar-refractivity contribution >= 4 is 37.7 Å². The third kappa shape index (κ3) is 2.19. The summed E-state index contributed by atoms with van der Waals surface area (Å²) < 4.78 is 1.48. The molecule has 2 rings (SSSR count). The summed E-state index contributed by atoms with van der Waals surface area (Å²) in [5, 5.41) is 9.10. The van der Waals surface area contributed by atoms with Gasteiger partial charge in [0.25, 0.3) is 0 Å². The lowest BCUT2D eigenvalue weighted by atomic mass is 10.0. The summed E-state index contributed by atoms with van der Waals surface area (Å²) in [6.45, 7) is 0. The Kier molecular flexibility index (Phi) is 3.46. The fourth-order valence-corrected chi connectivity index (χ4v) is 2.84. The number of pyridine rings is 1. The van der Waals surface area contributed by atoms with Gasteiger partial charge in [-0.1, -0.05) is 18.2 Å². The summed E-state index contributed by atoms with van der Waals surface area (Å²) in [5.74, 6) is 0.399. The highest BCUT2D eigenvalue weighted by atomic mass is 79.9. The number of hydrogen-bond acceptors (Lipinski definition) is 3. The van der Waals surface area contributed by atoms with E-state index in [1.165, 1.54) is 0 Å². The third-order valence-electron chi connectivity index (χ3n) is 2.32. The lowest BCUT2D eigenvalue weighted by Crippen LogP contribution is -1.95. The van der Waals surface area contributed by atoms with Gasteiger partial charge in [-0.15, -0.1) is 0 Å². The zero-order chi connectivity index (χ0) is 12.4. The highest BCUT2D eigenvalue weighted by Crippen LogP contribution is 2.38. The van der Waals surface area contributed by atoms with E-state index in [2.05, 4.69) is 42.9 Å². The molecular weight excluding hydrogens is 346 g/mol. The van der Waals surface area contributed by atoms with Crippen LogP contribution in [0, 0.1) is 11.3 Å². The van der Waals surface area contributed by atoms with Gasteiger partial charge in [0, 0.05) is 21.8 Å². The molecule has 0 atom stereocenters. The second-order valence-corrected chi connectivity index (χ2v) is 4.99. The van der Waals surface area contributed by atoms with Gasteiger partial charge in [0.1, 0.15) is 5.82 Å². The molecule has 0 radical (unpaired) electrons. The Balaban J connectivity index is 2.78. The zero-order valence-corrected chi connectivity index (χ0v) is 11.8. The van der Waals surface area contributed by atoms with Gasteiger partial charge < -0.3 is 5.73 Å². The lowest BCUT2D eigenvalue weighted by Gasteiger charge is -2.10. The maximum atomic E-state index is 9.10. The van der Waals surface area contributed by atoms with Crippen molar-refractivity contribution in [1.29, 1.82) is 5.26 Å². The van der Waals surface area contributed by atoms with Gasteiger partial charge in [-0.3, -0.25) is 0 Å². The second kappa shape index (κ2) is 4.86. The molecule has 0 unspecified atom stereocenters. The van der Waals surface area contributed by atoms with Gasteiger partial charge in [-0.2, -0.15) is 5.26 Å². The first-order chi connectivity index (χ1) is 8.15. The van der Waals surface area contributed by atoms with Crippen molar-refractivity contribution in [2.75, 3.05) is 5.73 Å². The van der Waals surface area contributed by atoms with E-state index >= 15 is 0 Å². The van der Waals surface area contributed by atoms with Crippen molar-refractivity contribution in [2.45, 2.75) is 0 Å². The topological polar surface area (TPSA) is 62.7 Å². The third-order valence-corrected chi connectivity index (χ3v) is 3.72. The van der Waals surface area contributed by atoms with E-state index in [-0.39, 0.29) is 0 Å². The first-order valence-electron chi connectivity index (χ1n) is 4.74. The molecular formula is C12H7Br2N3. The molecule has 2 N–H and O–H groups in total. The number of nitrogens with zero attached hydrogens (tertiary/aromatic N) is 2. The minimum Gasteiger partial charge on any atom is -0.383 e.